The summed E-state index contributed by atoms with van der Waals surface area (Å²) in [5, 5.41) is 6.79. The predicted octanol–water partition coefficient (Wildman–Crippen LogP) is 3.78. The van der Waals surface area contributed by atoms with Gasteiger partial charge in [-0.3, -0.25) is 4.90 Å². The van der Waals surface area contributed by atoms with Gasteiger partial charge in [0.05, 0.1) is 6.04 Å². The summed E-state index contributed by atoms with van der Waals surface area (Å²) in [6.07, 6.45) is -0.228. The SMILES string of the molecule is CC(C)(C)OC(=O)N1CCNCC1c1csc2ccccc12. The summed E-state index contributed by atoms with van der Waals surface area (Å²) in [4.78, 5) is 14.4. The monoisotopic (exact) mass is 318 g/mol. The lowest BCUT2D eigenvalue weighted by molar-refractivity contribution is 0.0120. The highest BCUT2D eigenvalue weighted by Gasteiger charge is 2.32. The van der Waals surface area contributed by atoms with Crippen LogP contribution in [0.2, 0.25) is 0 Å². The Kier molecular flexibility index (Phi) is 4.10. The number of carbonyl (C=O) groups is 1. The van der Waals surface area contributed by atoms with Crippen LogP contribution < -0.4 is 5.32 Å². The lowest BCUT2D eigenvalue weighted by atomic mass is 10.0. The Morgan fingerprint density at radius 1 is 1.36 bits per heavy atom. The zero-order chi connectivity index (χ0) is 15.7. The first-order valence-electron chi connectivity index (χ1n) is 7.62. The van der Waals surface area contributed by atoms with Crippen molar-refractivity contribution in [3.8, 4) is 0 Å². The lowest BCUT2D eigenvalue weighted by Gasteiger charge is -2.37. The third-order valence-electron chi connectivity index (χ3n) is 3.74. The summed E-state index contributed by atoms with van der Waals surface area (Å²) in [6.45, 7) is 7.95. The van der Waals surface area contributed by atoms with E-state index in [1.807, 2.05) is 37.8 Å². The second-order valence-electron chi connectivity index (χ2n) is 6.58. The molecular weight excluding hydrogens is 296 g/mol. The first-order valence-corrected chi connectivity index (χ1v) is 8.50. The summed E-state index contributed by atoms with van der Waals surface area (Å²) in [5.41, 5.74) is 0.738. The van der Waals surface area contributed by atoms with Gasteiger partial charge in [-0.15, -0.1) is 11.3 Å². The van der Waals surface area contributed by atoms with Crippen molar-refractivity contribution in [2.24, 2.45) is 0 Å². The molecule has 1 fully saturated rings. The molecule has 1 aromatic heterocycles. The molecule has 0 bridgehead atoms. The van der Waals surface area contributed by atoms with Crippen LogP contribution in [-0.2, 0) is 4.74 Å². The molecule has 1 unspecified atom stereocenters. The number of carbonyl (C=O) groups excluding carboxylic acids is 1. The highest BCUT2D eigenvalue weighted by Crippen LogP contribution is 2.34. The van der Waals surface area contributed by atoms with E-state index < -0.39 is 5.60 Å². The molecule has 1 aliphatic rings. The summed E-state index contributed by atoms with van der Waals surface area (Å²) in [7, 11) is 0. The maximum absolute atomic E-state index is 12.5. The normalized spacial score (nSPS) is 19.4. The highest BCUT2D eigenvalue weighted by atomic mass is 32.1. The topological polar surface area (TPSA) is 41.6 Å². The molecule has 0 spiro atoms. The van der Waals surface area contributed by atoms with Crippen LogP contribution in [0.15, 0.2) is 29.6 Å². The molecule has 2 aromatic rings. The molecule has 1 atom stereocenters. The number of piperazine rings is 1. The molecule has 118 valence electrons. The molecule has 22 heavy (non-hydrogen) atoms. The second kappa shape index (κ2) is 5.89. The molecule has 4 nitrogen and oxygen atoms in total. The first kappa shape index (κ1) is 15.3. The fraction of sp³-hybridized carbons (Fsp3) is 0.471. The van der Waals surface area contributed by atoms with Crippen molar-refractivity contribution in [2.45, 2.75) is 32.4 Å². The Labute approximate surface area is 135 Å². The number of fused-ring (bicyclic) bond motifs is 1. The van der Waals surface area contributed by atoms with E-state index in [0.717, 1.165) is 13.1 Å². The Hall–Kier alpha value is -1.59. The van der Waals surface area contributed by atoms with Crippen LogP contribution in [0.25, 0.3) is 10.1 Å². The molecule has 0 aliphatic carbocycles. The molecule has 1 aliphatic heterocycles. The van der Waals surface area contributed by atoms with E-state index in [-0.39, 0.29) is 12.1 Å². The molecule has 1 N–H and O–H groups in total. The minimum absolute atomic E-state index is 0.0275. The van der Waals surface area contributed by atoms with Gasteiger partial charge in [-0.05, 0) is 43.2 Å². The standard InChI is InChI=1S/C17H22N2O2S/c1-17(2,3)21-16(20)19-9-8-18-10-14(19)13-11-22-15-7-5-4-6-12(13)15/h4-7,11,14,18H,8-10H2,1-3H3. The van der Waals surface area contributed by atoms with Crippen LogP contribution in [0, 0.1) is 0 Å². The van der Waals surface area contributed by atoms with Crippen LogP contribution in [0.5, 0.6) is 0 Å². The van der Waals surface area contributed by atoms with E-state index in [2.05, 4.69) is 22.8 Å². The molecular formula is C17H22N2O2S. The number of benzene rings is 1. The van der Waals surface area contributed by atoms with Gasteiger partial charge in [0.2, 0.25) is 0 Å². The van der Waals surface area contributed by atoms with Gasteiger partial charge in [-0.1, -0.05) is 18.2 Å². The fourth-order valence-electron chi connectivity index (χ4n) is 2.78. The number of rotatable bonds is 1. The van der Waals surface area contributed by atoms with Crippen molar-refractivity contribution in [1.82, 2.24) is 10.2 Å². The quantitative estimate of drug-likeness (QED) is 0.870. The second-order valence-corrected chi connectivity index (χ2v) is 7.49. The largest absolute Gasteiger partial charge is 0.444 e. The maximum Gasteiger partial charge on any atom is 0.410 e. The summed E-state index contributed by atoms with van der Waals surface area (Å²) in [6, 6.07) is 8.38. The van der Waals surface area contributed by atoms with Crippen LogP contribution >= 0.6 is 11.3 Å². The average Bonchev–Trinajstić information content (AvgIpc) is 2.89. The third kappa shape index (κ3) is 3.10. The highest BCUT2D eigenvalue weighted by molar-refractivity contribution is 7.17. The molecule has 1 amide bonds. The lowest BCUT2D eigenvalue weighted by Crippen LogP contribution is -2.50. The minimum atomic E-state index is -0.469. The van der Waals surface area contributed by atoms with Gasteiger partial charge in [0, 0.05) is 24.3 Å². The maximum atomic E-state index is 12.5. The Morgan fingerprint density at radius 3 is 2.91 bits per heavy atom. The molecule has 0 saturated carbocycles. The number of amides is 1. The van der Waals surface area contributed by atoms with Crippen LogP contribution in [0.3, 0.4) is 0 Å². The molecule has 5 heteroatoms. The van der Waals surface area contributed by atoms with Crippen molar-refractivity contribution < 1.29 is 9.53 Å². The number of thiophene rings is 1. The predicted molar refractivity (Wildman–Crippen MR) is 90.4 cm³/mol. The van der Waals surface area contributed by atoms with Crippen molar-refractivity contribution >= 4 is 27.5 Å². The smallest absolute Gasteiger partial charge is 0.410 e. The van der Waals surface area contributed by atoms with Gasteiger partial charge < -0.3 is 10.1 Å². The summed E-state index contributed by atoms with van der Waals surface area (Å²) >= 11 is 1.73. The van der Waals surface area contributed by atoms with Crippen molar-refractivity contribution in [3.05, 3.63) is 35.2 Å². The van der Waals surface area contributed by atoms with E-state index >= 15 is 0 Å². The van der Waals surface area contributed by atoms with Crippen LogP contribution in [-0.4, -0.2) is 36.2 Å². The number of hydrogen-bond acceptors (Lipinski definition) is 4. The molecule has 0 radical (unpaired) electrons. The Balaban J connectivity index is 1.91. The number of nitrogens with zero attached hydrogens (tertiary/aromatic N) is 1. The van der Waals surface area contributed by atoms with E-state index in [4.69, 9.17) is 4.74 Å². The van der Waals surface area contributed by atoms with Crippen molar-refractivity contribution in [3.63, 3.8) is 0 Å². The summed E-state index contributed by atoms with van der Waals surface area (Å²) < 4.78 is 6.84. The van der Waals surface area contributed by atoms with E-state index in [1.165, 1.54) is 15.6 Å². The van der Waals surface area contributed by atoms with E-state index in [0.29, 0.717) is 6.54 Å². The van der Waals surface area contributed by atoms with E-state index in [1.54, 1.807) is 11.3 Å². The average molecular weight is 318 g/mol. The fourth-order valence-corrected chi connectivity index (χ4v) is 3.79. The number of nitrogens with one attached hydrogen (secondary N) is 1. The minimum Gasteiger partial charge on any atom is -0.444 e. The van der Waals surface area contributed by atoms with Gasteiger partial charge >= 0.3 is 6.09 Å². The Morgan fingerprint density at radius 2 is 2.14 bits per heavy atom. The van der Waals surface area contributed by atoms with Crippen LogP contribution in [0.4, 0.5) is 4.79 Å². The van der Waals surface area contributed by atoms with Gasteiger partial charge in [0.25, 0.3) is 0 Å². The van der Waals surface area contributed by atoms with E-state index in [9.17, 15) is 4.79 Å². The molecule has 2 heterocycles. The zero-order valence-electron chi connectivity index (χ0n) is 13.3. The van der Waals surface area contributed by atoms with Gasteiger partial charge in [-0.2, -0.15) is 0 Å². The van der Waals surface area contributed by atoms with Crippen molar-refractivity contribution in [1.29, 1.82) is 0 Å². The number of ether oxygens (including phenoxy) is 1. The Bertz CT molecular complexity index is 675. The van der Waals surface area contributed by atoms with Gasteiger partial charge in [0.15, 0.2) is 0 Å². The molecule has 3 rings (SSSR count). The molecule has 1 saturated heterocycles. The van der Waals surface area contributed by atoms with Gasteiger partial charge in [0.1, 0.15) is 5.60 Å². The van der Waals surface area contributed by atoms with Crippen LogP contribution in [0.1, 0.15) is 32.4 Å². The van der Waals surface area contributed by atoms with Gasteiger partial charge in [-0.25, -0.2) is 4.79 Å². The molecule has 1 aromatic carbocycles. The zero-order valence-corrected chi connectivity index (χ0v) is 14.1. The van der Waals surface area contributed by atoms with Crippen molar-refractivity contribution in [2.75, 3.05) is 19.6 Å². The summed E-state index contributed by atoms with van der Waals surface area (Å²) in [5.74, 6) is 0. The third-order valence-corrected chi connectivity index (χ3v) is 4.72. The number of hydrogen-bond donors (Lipinski definition) is 1. The first-order chi connectivity index (χ1) is 10.5.